The normalized spacial score (nSPS) is 27.4. The molecule has 2 nitrogen and oxygen atoms in total. The summed E-state index contributed by atoms with van der Waals surface area (Å²) >= 11 is 1.97. The van der Waals surface area contributed by atoms with Crippen LogP contribution in [0.2, 0.25) is 0 Å². The van der Waals surface area contributed by atoms with Crippen LogP contribution in [0.3, 0.4) is 0 Å². The highest BCUT2D eigenvalue weighted by molar-refractivity contribution is 7.12. The highest BCUT2D eigenvalue weighted by Gasteiger charge is 2.29. The largest absolute Gasteiger partial charge is 0.312 e. The van der Waals surface area contributed by atoms with Gasteiger partial charge >= 0.3 is 0 Å². The Labute approximate surface area is 133 Å². The van der Waals surface area contributed by atoms with Crippen LogP contribution in [-0.2, 0) is 0 Å². The van der Waals surface area contributed by atoms with E-state index >= 15 is 0 Å². The average molecular weight is 307 g/mol. The zero-order chi connectivity index (χ0) is 14.7. The molecule has 2 aliphatic rings. The van der Waals surface area contributed by atoms with Crippen LogP contribution < -0.4 is 5.32 Å². The molecule has 1 N–H and O–H groups in total. The predicted octanol–water partition coefficient (Wildman–Crippen LogP) is 4.36. The van der Waals surface area contributed by atoms with E-state index in [1.165, 1.54) is 67.9 Å². The molecule has 0 radical (unpaired) electrons. The highest BCUT2D eigenvalue weighted by atomic mass is 32.1. The summed E-state index contributed by atoms with van der Waals surface area (Å²) in [6.07, 6.45) is 8.52. The summed E-state index contributed by atoms with van der Waals surface area (Å²) < 4.78 is 0. The Kier molecular flexibility index (Phi) is 5.36. The summed E-state index contributed by atoms with van der Waals surface area (Å²) in [6, 6.07) is 5.90. The minimum absolute atomic E-state index is 0.578. The Morgan fingerprint density at radius 3 is 2.71 bits per heavy atom. The number of thiophene rings is 1. The third kappa shape index (κ3) is 3.88. The fourth-order valence-electron chi connectivity index (χ4n) is 4.04. The second kappa shape index (κ2) is 7.26. The third-order valence-electron chi connectivity index (χ3n) is 5.40. The van der Waals surface area contributed by atoms with Crippen molar-refractivity contribution in [2.75, 3.05) is 19.6 Å². The summed E-state index contributed by atoms with van der Waals surface area (Å²) in [6.45, 7) is 8.30. The van der Waals surface area contributed by atoms with Gasteiger partial charge in [0.1, 0.15) is 0 Å². The molecular formula is C18H30N2S. The van der Waals surface area contributed by atoms with Crippen LogP contribution >= 0.6 is 11.3 Å². The molecule has 2 heterocycles. The van der Waals surface area contributed by atoms with Gasteiger partial charge in [0, 0.05) is 34.9 Å². The van der Waals surface area contributed by atoms with Gasteiger partial charge in [-0.15, -0.1) is 11.3 Å². The van der Waals surface area contributed by atoms with Gasteiger partial charge in [-0.1, -0.05) is 19.3 Å². The van der Waals surface area contributed by atoms with Crippen LogP contribution in [0, 0.1) is 12.8 Å². The lowest BCUT2D eigenvalue weighted by molar-refractivity contribution is 0.172. The van der Waals surface area contributed by atoms with E-state index in [1.807, 2.05) is 11.3 Å². The maximum absolute atomic E-state index is 3.85. The van der Waals surface area contributed by atoms with E-state index < -0.39 is 0 Å². The van der Waals surface area contributed by atoms with Crippen molar-refractivity contribution in [1.29, 1.82) is 0 Å². The molecule has 21 heavy (non-hydrogen) atoms. The predicted molar refractivity (Wildman–Crippen MR) is 92.0 cm³/mol. The van der Waals surface area contributed by atoms with Crippen molar-refractivity contribution < 1.29 is 0 Å². The molecule has 0 spiro atoms. The van der Waals surface area contributed by atoms with E-state index in [-0.39, 0.29) is 0 Å². The fraction of sp³-hybridized carbons (Fsp3) is 0.778. The van der Waals surface area contributed by atoms with E-state index in [0.717, 1.165) is 12.0 Å². The van der Waals surface area contributed by atoms with E-state index in [2.05, 4.69) is 36.2 Å². The average Bonchev–Trinajstić information content (AvgIpc) is 2.81. The summed E-state index contributed by atoms with van der Waals surface area (Å²) in [5.74, 6) is 0.914. The van der Waals surface area contributed by atoms with E-state index in [1.54, 1.807) is 0 Å². The fourth-order valence-corrected chi connectivity index (χ4v) is 5.00. The molecular weight excluding hydrogens is 276 g/mol. The molecule has 1 saturated heterocycles. The Morgan fingerprint density at radius 1 is 1.19 bits per heavy atom. The van der Waals surface area contributed by atoms with Crippen molar-refractivity contribution in [2.45, 2.75) is 64.5 Å². The zero-order valence-corrected chi connectivity index (χ0v) is 14.4. The first-order chi connectivity index (χ1) is 10.2. The van der Waals surface area contributed by atoms with Gasteiger partial charge in [-0.05, 0) is 57.7 Å². The smallest absolute Gasteiger partial charge is 0.0414 e. The summed E-state index contributed by atoms with van der Waals surface area (Å²) in [4.78, 5) is 5.70. The number of rotatable bonds is 3. The number of nitrogens with one attached hydrogen (secondary N) is 1. The van der Waals surface area contributed by atoms with E-state index in [4.69, 9.17) is 0 Å². The van der Waals surface area contributed by atoms with Crippen LogP contribution in [0.1, 0.15) is 61.2 Å². The van der Waals surface area contributed by atoms with Gasteiger partial charge in [0.2, 0.25) is 0 Å². The number of nitrogens with zero attached hydrogens (tertiary/aromatic N) is 1. The van der Waals surface area contributed by atoms with Crippen LogP contribution in [-0.4, -0.2) is 30.6 Å². The molecule has 1 aliphatic carbocycles. The van der Waals surface area contributed by atoms with Crippen LogP contribution in [0.5, 0.6) is 0 Å². The van der Waals surface area contributed by atoms with Crippen molar-refractivity contribution in [3.05, 3.63) is 21.9 Å². The third-order valence-corrected chi connectivity index (χ3v) is 6.57. The summed E-state index contributed by atoms with van der Waals surface area (Å²) in [5, 5.41) is 3.85. The van der Waals surface area contributed by atoms with Crippen molar-refractivity contribution in [2.24, 2.45) is 5.92 Å². The molecule has 3 heteroatoms. The quantitative estimate of drug-likeness (QED) is 0.892. The van der Waals surface area contributed by atoms with Crippen molar-refractivity contribution >= 4 is 11.3 Å². The first-order valence-electron chi connectivity index (χ1n) is 8.78. The Morgan fingerprint density at radius 2 is 2.00 bits per heavy atom. The molecule has 0 bridgehead atoms. The van der Waals surface area contributed by atoms with Gasteiger partial charge in [0.15, 0.2) is 0 Å². The molecule has 2 fully saturated rings. The minimum atomic E-state index is 0.578. The second-order valence-electron chi connectivity index (χ2n) is 6.93. The van der Waals surface area contributed by atoms with Gasteiger partial charge in [0.05, 0.1) is 0 Å². The second-order valence-corrected chi connectivity index (χ2v) is 8.25. The highest BCUT2D eigenvalue weighted by Crippen LogP contribution is 2.31. The molecule has 1 saturated carbocycles. The number of aryl methyl sites for hydroxylation is 1. The summed E-state index contributed by atoms with van der Waals surface area (Å²) in [7, 11) is 0. The monoisotopic (exact) mass is 306 g/mol. The van der Waals surface area contributed by atoms with Crippen molar-refractivity contribution in [3.8, 4) is 0 Å². The van der Waals surface area contributed by atoms with Crippen LogP contribution in [0.25, 0.3) is 0 Å². The summed E-state index contributed by atoms with van der Waals surface area (Å²) in [5.41, 5.74) is 0. The lowest BCUT2D eigenvalue weighted by Gasteiger charge is -2.35. The van der Waals surface area contributed by atoms with Crippen molar-refractivity contribution in [3.63, 3.8) is 0 Å². The molecule has 2 unspecified atom stereocenters. The van der Waals surface area contributed by atoms with Gasteiger partial charge in [-0.3, -0.25) is 4.90 Å². The molecule has 0 amide bonds. The van der Waals surface area contributed by atoms with Gasteiger partial charge in [-0.2, -0.15) is 0 Å². The lowest BCUT2D eigenvalue weighted by Crippen LogP contribution is -2.44. The van der Waals surface area contributed by atoms with Crippen molar-refractivity contribution in [1.82, 2.24) is 10.2 Å². The van der Waals surface area contributed by atoms with Gasteiger partial charge < -0.3 is 5.32 Å². The van der Waals surface area contributed by atoms with Gasteiger partial charge in [-0.25, -0.2) is 0 Å². The topological polar surface area (TPSA) is 15.3 Å². The first-order valence-corrected chi connectivity index (χ1v) is 9.59. The van der Waals surface area contributed by atoms with Crippen LogP contribution in [0.15, 0.2) is 12.1 Å². The number of hydrogen-bond donors (Lipinski definition) is 1. The maximum Gasteiger partial charge on any atom is 0.0414 e. The SMILES string of the molecule is Cc1ccc(C(C)N2CCCNC(C3CCCCC3)C2)s1. The Hall–Kier alpha value is -0.380. The van der Waals surface area contributed by atoms with E-state index in [9.17, 15) is 0 Å². The molecule has 0 aromatic carbocycles. The van der Waals surface area contributed by atoms with Gasteiger partial charge in [0.25, 0.3) is 0 Å². The molecule has 2 atom stereocenters. The Balaban J connectivity index is 1.66. The molecule has 1 aromatic heterocycles. The lowest BCUT2D eigenvalue weighted by atomic mass is 9.83. The molecule has 1 aromatic rings. The van der Waals surface area contributed by atoms with E-state index in [0.29, 0.717) is 6.04 Å². The molecule has 3 rings (SSSR count). The zero-order valence-electron chi connectivity index (χ0n) is 13.6. The standard InChI is InChI=1S/C18H30N2S/c1-14-9-10-18(21-14)15(2)20-12-6-11-19-17(13-20)16-7-4-3-5-8-16/h9-10,15-17,19H,3-8,11-13H2,1-2H3. The first kappa shape index (κ1) is 15.5. The molecule has 1 aliphatic heterocycles. The molecule has 118 valence electrons. The minimum Gasteiger partial charge on any atom is -0.312 e. The number of hydrogen-bond acceptors (Lipinski definition) is 3. The van der Waals surface area contributed by atoms with Crippen LogP contribution in [0.4, 0.5) is 0 Å². The maximum atomic E-state index is 3.85. The Bertz CT molecular complexity index is 436.